The third-order valence-electron chi connectivity index (χ3n) is 2.11. The third-order valence-corrected chi connectivity index (χ3v) is 3.90. The summed E-state index contributed by atoms with van der Waals surface area (Å²) < 4.78 is 2.81. The number of nitrogen functional groups attached to an aromatic ring is 1. The van der Waals surface area contributed by atoms with Gasteiger partial charge in [0, 0.05) is 18.1 Å². The van der Waals surface area contributed by atoms with E-state index < -0.39 is 0 Å². The van der Waals surface area contributed by atoms with Crippen molar-refractivity contribution in [3.05, 3.63) is 32.3 Å². The highest BCUT2D eigenvalue weighted by atomic mass is 127. The number of carbonyl (C=O) groups is 1. The number of aromatic nitrogens is 2. The second kappa shape index (κ2) is 5.50. The van der Waals surface area contributed by atoms with E-state index >= 15 is 0 Å². The van der Waals surface area contributed by atoms with E-state index in [0.29, 0.717) is 24.3 Å². The average molecular weight is 362 g/mol. The van der Waals surface area contributed by atoms with E-state index in [2.05, 4.69) is 33.0 Å². The van der Waals surface area contributed by atoms with Gasteiger partial charge < -0.3 is 11.1 Å². The first-order valence-electron chi connectivity index (χ1n) is 4.95. The number of rotatable bonds is 4. The maximum absolute atomic E-state index is 11.7. The normalized spacial score (nSPS) is 10.4. The molecule has 90 valence electrons. The molecule has 0 radical (unpaired) electrons. The van der Waals surface area contributed by atoms with Crippen LogP contribution in [-0.2, 0) is 6.54 Å². The summed E-state index contributed by atoms with van der Waals surface area (Å²) >= 11 is 3.75. The molecule has 0 saturated heterocycles. The fraction of sp³-hybridized carbons (Fsp3) is 0.200. The standard InChI is InChI=1S/C10H11IN4OS/c11-9-3-7(6-17-9)10(16)13-1-2-15-5-8(12)4-14-15/h3-6H,1-2,12H2,(H,13,16). The average Bonchev–Trinajstić information content (AvgIpc) is 2.88. The minimum absolute atomic E-state index is 0.0516. The summed E-state index contributed by atoms with van der Waals surface area (Å²) in [5, 5.41) is 8.71. The van der Waals surface area contributed by atoms with Crippen molar-refractivity contribution >= 4 is 45.5 Å². The Bertz CT molecular complexity index is 522. The lowest BCUT2D eigenvalue weighted by Gasteiger charge is -2.03. The molecule has 2 aromatic rings. The van der Waals surface area contributed by atoms with Crippen molar-refractivity contribution in [2.45, 2.75) is 6.54 Å². The van der Waals surface area contributed by atoms with E-state index in [0.717, 1.165) is 2.88 Å². The van der Waals surface area contributed by atoms with E-state index in [1.54, 1.807) is 28.4 Å². The molecule has 0 aliphatic rings. The fourth-order valence-corrected chi connectivity index (χ4v) is 2.64. The van der Waals surface area contributed by atoms with Crippen molar-refractivity contribution in [3.8, 4) is 0 Å². The van der Waals surface area contributed by atoms with Crippen LogP contribution >= 0.6 is 33.9 Å². The summed E-state index contributed by atoms with van der Waals surface area (Å²) in [4.78, 5) is 11.7. The van der Waals surface area contributed by atoms with Gasteiger partial charge in [0.05, 0.1) is 26.9 Å². The molecule has 0 unspecified atom stereocenters. The Morgan fingerprint density at radius 2 is 2.47 bits per heavy atom. The summed E-state index contributed by atoms with van der Waals surface area (Å²) in [5.41, 5.74) is 6.87. The second-order valence-electron chi connectivity index (χ2n) is 3.43. The minimum atomic E-state index is -0.0516. The SMILES string of the molecule is Nc1cnn(CCNC(=O)c2csc(I)c2)c1. The number of halogens is 1. The van der Waals surface area contributed by atoms with E-state index in [1.165, 1.54) is 0 Å². The lowest BCUT2D eigenvalue weighted by Crippen LogP contribution is -2.26. The molecule has 0 spiro atoms. The molecule has 0 aliphatic heterocycles. The lowest BCUT2D eigenvalue weighted by molar-refractivity contribution is 0.0952. The highest BCUT2D eigenvalue weighted by Gasteiger charge is 2.06. The molecule has 5 nitrogen and oxygen atoms in total. The van der Waals surface area contributed by atoms with Gasteiger partial charge in [0.2, 0.25) is 0 Å². The van der Waals surface area contributed by atoms with Gasteiger partial charge in [-0.25, -0.2) is 0 Å². The number of nitrogens with one attached hydrogen (secondary N) is 1. The first kappa shape index (κ1) is 12.4. The molecule has 1 amide bonds. The largest absolute Gasteiger partial charge is 0.396 e. The Labute approximate surface area is 116 Å². The van der Waals surface area contributed by atoms with Crippen LogP contribution in [0, 0.1) is 2.88 Å². The predicted molar refractivity (Wildman–Crippen MR) is 76.0 cm³/mol. The summed E-state index contributed by atoms with van der Waals surface area (Å²) in [6, 6.07) is 1.87. The van der Waals surface area contributed by atoms with Crippen molar-refractivity contribution in [1.29, 1.82) is 0 Å². The number of amides is 1. The summed E-state index contributed by atoms with van der Waals surface area (Å²) in [6.45, 7) is 1.15. The Balaban J connectivity index is 1.81. The van der Waals surface area contributed by atoms with Crippen molar-refractivity contribution < 1.29 is 4.79 Å². The minimum Gasteiger partial charge on any atom is -0.396 e. The van der Waals surface area contributed by atoms with Gasteiger partial charge in [-0.2, -0.15) is 5.10 Å². The van der Waals surface area contributed by atoms with E-state index in [4.69, 9.17) is 5.73 Å². The first-order chi connectivity index (χ1) is 8.15. The summed E-state index contributed by atoms with van der Waals surface area (Å²) in [6.07, 6.45) is 3.32. The van der Waals surface area contributed by atoms with Gasteiger partial charge in [0.25, 0.3) is 5.91 Å². The van der Waals surface area contributed by atoms with Gasteiger partial charge in [-0.05, 0) is 28.7 Å². The molecule has 0 atom stereocenters. The van der Waals surface area contributed by atoms with Crippen molar-refractivity contribution in [2.24, 2.45) is 0 Å². The summed E-state index contributed by atoms with van der Waals surface area (Å²) in [5.74, 6) is -0.0516. The van der Waals surface area contributed by atoms with Gasteiger partial charge in [-0.15, -0.1) is 11.3 Å². The second-order valence-corrected chi connectivity index (χ2v) is 6.24. The van der Waals surface area contributed by atoms with Crippen LogP contribution in [0.3, 0.4) is 0 Å². The highest BCUT2D eigenvalue weighted by Crippen LogP contribution is 2.16. The Hall–Kier alpha value is -1.09. The zero-order valence-corrected chi connectivity index (χ0v) is 11.9. The molecule has 0 aromatic carbocycles. The molecular weight excluding hydrogens is 351 g/mol. The highest BCUT2D eigenvalue weighted by molar-refractivity contribution is 14.1. The maximum atomic E-state index is 11.7. The summed E-state index contributed by atoms with van der Waals surface area (Å²) in [7, 11) is 0. The molecule has 0 bridgehead atoms. The van der Waals surface area contributed by atoms with E-state index in [1.807, 2.05) is 11.4 Å². The van der Waals surface area contributed by atoms with Crippen LogP contribution in [0.5, 0.6) is 0 Å². The molecule has 0 saturated carbocycles. The zero-order chi connectivity index (χ0) is 12.3. The van der Waals surface area contributed by atoms with E-state index in [9.17, 15) is 4.79 Å². The van der Waals surface area contributed by atoms with Crippen LogP contribution in [0.15, 0.2) is 23.8 Å². The number of hydrogen-bond acceptors (Lipinski definition) is 4. The third kappa shape index (κ3) is 3.43. The molecule has 17 heavy (non-hydrogen) atoms. The molecule has 0 aliphatic carbocycles. The monoisotopic (exact) mass is 362 g/mol. The van der Waals surface area contributed by atoms with Gasteiger partial charge in [-0.1, -0.05) is 0 Å². The number of anilines is 1. The molecule has 2 rings (SSSR count). The van der Waals surface area contributed by atoms with Crippen LogP contribution in [0.25, 0.3) is 0 Å². The molecular formula is C10H11IN4OS. The Kier molecular flexibility index (Phi) is 4.00. The number of nitrogens with zero attached hydrogens (tertiary/aromatic N) is 2. The van der Waals surface area contributed by atoms with Gasteiger partial charge in [-0.3, -0.25) is 9.48 Å². The van der Waals surface area contributed by atoms with Crippen LogP contribution < -0.4 is 11.1 Å². The first-order valence-corrected chi connectivity index (χ1v) is 6.91. The van der Waals surface area contributed by atoms with Gasteiger partial charge in [0.15, 0.2) is 0 Å². The molecule has 2 heterocycles. The van der Waals surface area contributed by atoms with Crippen molar-refractivity contribution in [1.82, 2.24) is 15.1 Å². The van der Waals surface area contributed by atoms with Crippen LogP contribution in [-0.4, -0.2) is 22.2 Å². The van der Waals surface area contributed by atoms with Gasteiger partial charge in [0.1, 0.15) is 0 Å². The van der Waals surface area contributed by atoms with Crippen molar-refractivity contribution in [2.75, 3.05) is 12.3 Å². The number of carbonyl (C=O) groups excluding carboxylic acids is 1. The number of hydrogen-bond donors (Lipinski definition) is 2. The topological polar surface area (TPSA) is 72.9 Å². The number of thiophene rings is 1. The smallest absolute Gasteiger partial charge is 0.252 e. The molecule has 0 fully saturated rings. The molecule has 3 N–H and O–H groups in total. The quantitative estimate of drug-likeness (QED) is 0.811. The van der Waals surface area contributed by atoms with Crippen molar-refractivity contribution in [3.63, 3.8) is 0 Å². The lowest BCUT2D eigenvalue weighted by atomic mass is 10.3. The van der Waals surface area contributed by atoms with E-state index in [-0.39, 0.29) is 5.91 Å². The Morgan fingerprint density at radius 1 is 1.65 bits per heavy atom. The zero-order valence-electron chi connectivity index (χ0n) is 8.89. The van der Waals surface area contributed by atoms with Crippen LogP contribution in [0.4, 0.5) is 5.69 Å². The molecule has 7 heteroatoms. The number of nitrogens with two attached hydrogens (primary N) is 1. The van der Waals surface area contributed by atoms with Crippen LogP contribution in [0.2, 0.25) is 0 Å². The Morgan fingerprint density at radius 3 is 3.06 bits per heavy atom. The van der Waals surface area contributed by atoms with Gasteiger partial charge >= 0.3 is 0 Å². The van der Waals surface area contributed by atoms with Crippen LogP contribution in [0.1, 0.15) is 10.4 Å². The molecule has 2 aromatic heterocycles. The predicted octanol–water partition coefficient (Wildman–Crippen LogP) is 1.56. The maximum Gasteiger partial charge on any atom is 0.252 e. The fourth-order valence-electron chi connectivity index (χ4n) is 1.32.